The van der Waals surface area contributed by atoms with Crippen molar-refractivity contribution in [2.24, 2.45) is 0 Å². The number of ether oxygens (including phenoxy) is 2. The lowest BCUT2D eigenvalue weighted by atomic mass is 10.1. The maximum Gasteiger partial charge on any atom is 0.218 e. The highest BCUT2D eigenvalue weighted by atomic mass is 16.5. The van der Waals surface area contributed by atoms with Crippen molar-refractivity contribution in [3.05, 3.63) is 53.7 Å². The first-order valence-electron chi connectivity index (χ1n) is 7.18. The van der Waals surface area contributed by atoms with Gasteiger partial charge in [0.15, 0.2) is 0 Å². The second-order valence-electron chi connectivity index (χ2n) is 4.82. The Hall–Kier alpha value is -2.07. The molecule has 0 aliphatic carbocycles. The molecule has 1 atom stereocenters. The number of aromatic nitrogens is 1. The highest BCUT2D eigenvalue weighted by Crippen LogP contribution is 2.23. The largest absolute Gasteiger partial charge is 0.497 e. The van der Waals surface area contributed by atoms with E-state index in [2.05, 4.69) is 24.1 Å². The first kappa shape index (κ1) is 15.3. The average molecular weight is 286 g/mol. The van der Waals surface area contributed by atoms with Crippen LogP contribution in [0, 0.1) is 0 Å². The predicted octanol–water partition coefficient (Wildman–Crippen LogP) is 3.34. The molecule has 4 nitrogen and oxygen atoms in total. The van der Waals surface area contributed by atoms with Gasteiger partial charge in [0.1, 0.15) is 12.4 Å². The monoisotopic (exact) mass is 286 g/mol. The zero-order valence-electron chi connectivity index (χ0n) is 12.8. The van der Waals surface area contributed by atoms with E-state index in [0.29, 0.717) is 12.5 Å². The molecule has 1 N–H and O–H groups in total. The van der Waals surface area contributed by atoms with Crippen LogP contribution in [0.2, 0.25) is 0 Å². The van der Waals surface area contributed by atoms with E-state index in [4.69, 9.17) is 9.47 Å². The fraction of sp³-hybridized carbons (Fsp3) is 0.353. The van der Waals surface area contributed by atoms with Crippen LogP contribution in [0.1, 0.15) is 31.0 Å². The smallest absolute Gasteiger partial charge is 0.218 e. The van der Waals surface area contributed by atoms with Crippen LogP contribution in [0.5, 0.6) is 11.6 Å². The standard InChI is InChI=1S/C17H22N2O2/c1-4-18-13(2)16-9-6-10-19-17(16)21-12-14-7-5-8-15(11-14)20-3/h5-11,13,18H,4,12H2,1-3H3. The molecule has 0 saturated carbocycles. The van der Waals surface area contributed by atoms with E-state index in [1.165, 1.54) is 0 Å². The van der Waals surface area contributed by atoms with E-state index in [1.54, 1.807) is 13.3 Å². The third-order valence-corrected chi connectivity index (χ3v) is 3.29. The van der Waals surface area contributed by atoms with Crippen molar-refractivity contribution < 1.29 is 9.47 Å². The molecule has 0 aliphatic heterocycles. The Morgan fingerprint density at radius 2 is 2.10 bits per heavy atom. The zero-order chi connectivity index (χ0) is 15.1. The third kappa shape index (κ3) is 4.20. The molecule has 112 valence electrons. The summed E-state index contributed by atoms with van der Waals surface area (Å²) in [4.78, 5) is 4.35. The zero-order valence-corrected chi connectivity index (χ0v) is 12.8. The van der Waals surface area contributed by atoms with Gasteiger partial charge in [-0.1, -0.05) is 25.1 Å². The van der Waals surface area contributed by atoms with Gasteiger partial charge in [0.05, 0.1) is 7.11 Å². The van der Waals surface area contributed by atoms with Crippen LogP contribution in [0.25, 0.3) is 0 Å². The second kappa shape index (κ2) is 7.64. The molecule has 0 amide bonds. The van der Waals surface area contributed by atoms with Crippen LogP contribution in [-0.2, 0) is 6.61 Å². The Bertz CT molecular complexity index is 572. The summed E-state index contributed by atoms with van der Waals surface area (Å²) in [6.07, 6.45) is 1.75. The van der Waals surface area contributed by atoms with Crippen molar-refractivity contribution in [2.45, 2.75) is 26.5 Å². The summed E-state index contributed by atoms with van der Waals surface area (Å²) in [5, 5.41) is 3.38. The number of rotatable bonds is 7. The van der Waals surface area contributed by atoms with Gasteiger partial charge in [-0.2, -0.15) is 0 Å². The Morgan fingerprint density at radius 1 is 1.24 bits per heavy atom. The van der Waals surface area contributed by atoms with Gasteiger partial charge in [-0.3, -0.25) is 0 Å². The van der Waals surface area contributed by atoms with E-state index in [0.717, 1.165) is 23.4 Å². The average Bonchev–Trinajstić information content (AvgIpc) is 2.53. The summed E-state index contributed by atoms with van der Waals surface area (Å²) in [6.45, 7) is 5.58. The normalized spacial score (nSPS) is 12.0. The van der Waals surface area contributed by atoms with Crippen LogP contribution in [0.15, 0.2) is 42.6 Å². The van der Waals surface area contributed by atoms with Gasteiger partial charge in [0.25, 0.3) is 0 Å². The summed E-state index contributed by atoms with van der Waals surface area (Å²) >= 11 is 0. The minimum absolute atomic E-state index is 0.212. The number of pyridine rings is 1. The molecular formula is C17H22N2O2. The molecule has 0 spiro atoms. The van der Waals surface area contributed by atoms with Gasteiger partial charge >= 0.3 is 0 Å². The van der Waals surface area contributed by atoms with E-state index >= 15 is 0 Å². The molecule has 1 heterocycles. The minimum Gasteiger partial charge on any atom is -0.497 e. The van der Waals surface area contributed by atoms with Gasteiger partial charge in [-0.15, -0.1) is 0 Å². The Labute approximate surface area is 126 Å². The van der Waals surface area contributed by atoms with Gasteiger partial charge in [-0.25, -0.2) is 4.98 Å². The molecule has 21 heavy (non-hydrogen) atoms. The number of nitrogens with zero attached hydrogens (tertiary/aromatic N) is 1. The SMILES string of the molecule is CCNC(C)c1cccnc1OCc1cccc(OC)c1. The van der Waals surface area contributed by atoms with Crippen LogP contribution in [0.4, 0.5) is 0 Å². The van der Waals surface area contributed by atoms with Gasteiger partial charge in [0.2, 0.25) is 5.88 Å². The first-order valence-corrected chi connectivity index (χ1v) is 7.18. The molecule has 0 fully saturated rings. The van der Waals surface area contributed by atoms with Crippen molar-refractivity contribution in [3.8, 4) is 11.6 Å². The molecule has 0 bridgehead atoms. The van der Waals surface area contributed by atoms with Crippen molar-refractivity contribution in [1.82, 2.24) is 10.3 Å². The topological polar surface area (TPSA) is 43.4 Å². The molecule has 0 radical (unpaired) electrons. The van der Waals surface area contributed by atoms with Crippen LogP contribution < -0.4 is 14.8 Å². The van der Waals surface area contributed by atoms with E-state index in [9.17, 15) is 0 Å². The van der Waals surface area contributed by atoms with E-state index < -0.39 is 0 Å². The highest BCUT2D eigenvalue weighted by Gasteiger charge is 2.11. The Kier molecular flexibility index (Phi) is 5.58. The van der Waals surface area contributed by atoms with Crippen molar-refractivity contribution in [2.75, 3.05) is 13.7 Å². The second-order valence-corrected chi connectivity index (χ2v) is 4.82. The summed E-state index contributed by atoms with van der Waals surface area (Å²) < 4.78 is 11.1. The minimum atomic E-state index is 0.212. The molecule has 2 rings (SSSR count). The number of hydrogen-bond donors (Lipinski definition) is 1. The van der Waals surface area contributed by atoms with Crippen molar-refractivity contribution in [1.29, 1.82) is 0 Å². The summed E-state index contributed by atoms with van der Waals surface area (Å²) in [7, 11) is 1.66. The highest BCUT2D eigenvalue weighted by molar-refractivity contribution is 5.31. The number of nitrogens with one attached hydrogen (secondary N) is 1. The van der Waals surface area contributed by atoms with E-state index in [-0.39, 0.29) is 6.04 Å². The lowest BCUT2D eigenvalue weighted by molar-refractivity contribution is 0.286. The molecule has 1 unspecified atom stereocenters. The lowest BCUT2D eigenvalue weighted by Gasteiger charge is -2.16. The molecule has 1 aromatic heterocycles. The molecule has 0 aliphatic rings. The van der Waals surface area contributed by atoms with Crippen LogP contribution >= 0.6 is 0 Å². The van der Waals surface area contributed by atoms with Crippen LogP contribution in [0.3, 0.4) is 0 Å². The molecule has 0 saturated heterocycles. The van der Waals surface area contributed by atoms with Gasteiger partial charge in [0, 0.05) is 17.8 Å². The number of benzene rings is 1. The Morgan fingerprint density at radius 3 is 2.86 bits per heavy atom. The lowest BCUT2D eigenvalue weighted by Crippen LogP contribution is -2.18. The first-order chi connectivity index (χ1) is 10.2. The maximum absolute atomic E-state index is 5.88. The van der Waals surface area contributed by atoms with Gasteiger partial charge in [-0.05, 0) is 37.2 Å². The fourth-order valence-electron chi connectivity index (χ4n) is 2.18. The van der Waals surface area contributed by atoms with Crippen molar-refractivity contribution in [3.63, 3.8) is 0 Å². The Balaban J connectivity index is 2.09. The number of methoxy groups -OCH3 is 1. The van der Waals surface area contributed by atoms with Gasteiger partial charge < -0.3 is 14.8 Å². The van der Waals surface area contributed by atoms with Crippen molar-refractivity contribution >= 4 is 0 Å². The molecule has 1 aromatic carbocycles. The quantitative estimate of drug-likeness (QED) is 0.847. The van der Waals surface area contributed by atoms with Crippen LogP contribution in [-0.4, -0.2) is 18.6 Å². The third-order valence-electron chi connectivity index (χ3n) is 3.29. The summed E-state index contributed by atoms with van der Waals surface area (Å²) in [5.74, 6) is 1.51. The van der Waals surface area contributed by atoms with E-state index in [1.807, 2.05) is 36.4 Å². The predicted molar refractivity (Wildman–Crippen MR) is 83.7 cm³/mol. The molecule has 2 aromatic rings. The summed E-state index contributed by atoms with van der Waals surface area (Å²) in [6, 6.07) is 12.0. The fourth-order valence-corrected chi connectivity index (χ4v) is 2.18. The number of hydrogen-bond acceptors (Lipinski definition) is 4. The maximum atomic E-state index is 5.88. The summed E-state index contributed by atoms with van der Waals surface area (Å²) in [5.41, 5.74) is 2.13. The molecular weight excluding hydrogens is 264 g/mol. The molecule has 4 heteroatoms.